The van der Waals surface area contributed by atoms with Crippen molar-refractivity contribution < 1.29 is 19.4 Å². The number of carboxylic acid groups (broad SMARTS) is 1. The lowest BCUT2D eigenvalue weighted by molar-refractivity contribution is -0.150. The second-order valence-corrected chi connectivity index (χ2v) is 9.23. The summed E-state index contributed by atoms with van der Waals surface area (Å²) in [4.78, 5) is 22.6. The van der Waals surface area contributed by atoms with Gasteiger partial charge in [-0.15, -0.1) is 0 Å². The summed E-state index contributed by atoms with van der Waals surface area (Å²) in [5.41, 5.74) is 0. The molecule has 0 bridgehead atoms. The minimum atomic E-state index is -0.711. The second-order valence-electron chi connectivity index (χ2n) is 9.23. The molecule has 0 saturated carbocycles. The van der Waals surface area contributed by atoms with Gasteiger partial charge in [0, 0.05) is 12.8 Å². The van der Waals surface area contributed by atoms with E-state index in [9.17, 15) is 9.59 Å². The van der Waals surface area contributed by atoms with Gasteiger partial charge in [-0.05, 0) is 64.2 Å². The Balaban J connectivity index is 4.01. The smallest absolute Gasteiger partial charge is 0.306 e. The molecule has 4 nitrogen and oxygen atoms in total. The molecule has 0 rings (SSSR count). The average molecular weight is 465 g/mol. The molecule has 0 aromatic carbocycles. The number of allylic oxidation sites excluding steroid dienone is 4. The van der Waals surface area contributed by atoms with Gasteiger partial charge in [-0.2, -0.15) is 0 Å². The van der Waals surface area contributed by atoms with Crippen LogP contribution in [0.3, 0.4) is 0 Å². The maximum atomic E-state index is 12.1. The maximum absolute atomic E-state index is 12.1. The number of aliphatic carboxylic acids is 1. The Bertz CT molecular complexity index is 510. The van der Waals surface area contributed by atoms with Crippen LogP contribution >= 0.6 is 0 Å². The first-order valence-electron chi connectivity index (χ1n) is 13.8. The highest BCUT2D eigenvalue weighted by Gasteiger charge is 2.13. The van der Waals surface area contributed by atoms with E-state index >= 15 is 0 Å². The van der Waals surface area contributed by atoms with Gasteiger partial charge in [0.2, 0.25) is 0 Å². The summed E-state index contributed by atoms with van der Waals surface area (Å²) >= 11 is 0. The van der Waals surface area contributed by atoms with Gasteiger partial charge in [-0.25, -0.2) is 0 Å². The highest BCUT2D eigenvalue weighted by Crippen LogP contribution is 2.17. The molecule has 1 unspecified atom stereocenters. The number of hydrogen-bond donors (Lipinski definition) is 1. The third-order valence-corrected chi connectivity index (χ3v) is 5.93. The zero-order valence-electron chi connectivity index (χ0n) is 21.7. The number of carboxylic acids is 1. The Labute approximate surface area is 204 Å². The van der Waals surface area contributed by atoms with Gasteiger partial charge in [-0.3, -0.25) is 9.59 Å². The maximum Gasteiger partial charge on any atom is 0.306 e. The molecule has 0 spiro atoms. The standard InChI is InChI=1S/C29H52O4/c1-3-5-7-8-9-10-11-12-13-14-15-17-20-23-27(33-29(32)26-6-4-2)24-21-18-16-19-22-25-28(30)31/h11-12,14-15,27H,3-10,13,16-26H2,1-2H3,(H,30,31)/b12-11-,15-14-. The molecule has 0 aliphatic heterocycles. The van der Waals surface area contributed by atoms with Crippen LogP contribution in [0.15, 0.2) is 24.3 Å². The van der Waals surface area contributed by atoms with Crippen LogP contribution in [0.25, 0.3) is 0 Å². The summed E-state index contributed by atoms with van der Waals surface area (Å²) in [7, 11) is 0. The molecule has 0 radical (unpaired) electrons. The summed E-state index contributed by atoms with van der Waals surface area (Å²) in [6.07, 6.45) is 29.5. The number of carbonyl (C=O) groups is 2. The molecular formula is C29H52O4. The monoisotopic (exact) mass is 464 g/mol. The summed E-state index contributed by atoms with van der Waals surface area (Å²) < 4.78 is 5.77. The fourth-order valence-corrected chi connectivity index (χ4v) is 3.84. The Kier molecular flexibility index (Phi) is 23.9. The van der Waals surface area contributed by atoms with Crippen LogP contribution in [0.2, 0.25) is 0 Å². The fraction of sp³-hybridized carbons (Fsp3) is 0.793. The lowest BCUT2D eigenvalue weighted by Gasteiger charge is -2.18. The van der Waals surface area contributed by atoms with E-state index in [0.29, 0.717) is 6.42 Å². The van der Waals surface area contributed by atoms with Crippen molar-refractivity contribution >= 4 is 11.9 Å². The van der Waals surface area contributed by atoms with E-state index in [0.717, 1.165) is 77.0 Å². The fourth-order valence-electron chi connectivity index (χ4n) is 3.84. The van der Waals surface area contributed by atoms with Crippen molar-refractivity contribution in [1.82, 2.24) is 0 Å². The molecule has 4 heteroatoms. The van der Waals surface area contributed by atoms with E-state index in [1.807, 2.05) is 0 Å². The minimum Gasteiger partial charge on any atom is -0.481 e. The highest BCUT2D eigenvalue weighted by molar-refractivity contribution is 5.69. The van der Waals surface area contributed by atoms with Crippen LogP contribution in [-0.2, 0) is 14.3 Å². The Hall–Kier alpha value is -1.58. The van der Waals surface area contributed by atoms with E-state index in [1.54, 1.807) is 0 Å². The molecule has 0 aromatic heterocycles. The molecule has 0 fully saturated rings. The highest BCUT2D eigenvalue weighted by atomic mass is 16.5. The van der Waals surface area contributed by atoms with Crippen LogP contribution in [0, 0.1) is 0 Å². The molecule has 0 aromatic rings. The van der Waals surface area contributed by atoms with Crippen molar-refractivity contribution in [2.24, 2.45) is 0 Å². The van der Waals surface area contributed by atoms with Crippen molar-refractivity contribution in [3.63, 3.8) is 0 Å². The molecule has 33 heavy (non-hydrogen) atoms. The first-order valence-corrected chi connectivity index (χ1v) is 13.8. The molecular weight excluding hydrogens is 412 g/mol. The number of ether oxygens (including phenoxy) is 1. The average Bonchev–Trinajstić information content (AvgIpc) is 2.79. The van der Waals surface area contributed by atoms with Gasteiger partial charge in [0.1, 0.15) is 6.10 Å². The lowest BCUT2D eigenvalue weighted by Crippen LogP contribution is -2.18. The van der Waals surface area contributed by atoms with Crippen LogP contribution in [0.1, 0.15) is 142 Å². The number of hydrogen-bond acceptors (Lipinski definition) is 3. The van der Waals surface area contributed by atoms with Crippen LogP contribution < -0.4 is 0 Å². The Morgan fingerprint density at radius 2 is 1.24 bits per heavy atom. The van der Waals surface area contributed by atoms with Crippen LogP contribution in [0.4, 0.5) is 0 Å². The first-order chi connectivity index (χ1) is 16.1. The number of esters is 1. The van der Waals surface area contributed by atoms with Gasteiger partial charge in [-0.1, -0.05) is 89.5 Å². The summed E-state index contributed by atoms with van der Waals surface area (Å²) in [6.45, 7) is 4.34. The molecule has 0 heterocycles. The quantitative estimate of drug-likeness (QED) is 0.0879. The molecule has 0 aliphatic carbocycles. The summed E-state index contributed by atoms with van der Waals surface area (Å²) in [6, 6.07) is 0. The SMILES string of the molecule is CCCCCCC/C=C\C/C=C\CCCC(CCCCCCCC(=O)O)OC(=O)CCCC. The van der Waals surface area contributed by atoms with Crippen LogP contribution in [-0.4, -0.2) is 23.1 Å². The van der Waals surface area contributed by atoms with Crippen molar-refractivity contribution in [1.29, 1.82) is 0 Å². The molecule has 1 N–H and O–H groups in total. The minimum absolute atomic E-state index is 0.0226. The first kappa shape index (κ1) is 31.4. The molecule has 0 amide bonds. The molecule has 0 aliphatic rings. The van der Waals surface area contributed by atoms with E-state index in [4.69, 9.17) is 9.84 Å². The predicted molar refractivity (Wildman–Crippen MR) is 139 cm³/mol. The largest absolute Gasteiger partial charge is 0.481 e. The number of carbonyl (C=O) groups excluding carboxylic acids is 1. The topological polar surface area (TPSA) is 63.6 Å². The van der Waals surface area contributed by atoms with Gasteiger partial charge in [0.25, 0.3) is 0 Å². The lowest BCUT2D eigenvalue weighted by atomic mass is 10.0. The number of unbranched alkanes of at least 4 members (excludes halogenated alkanes) is 11. The second kappa shape index (κ2) is 25.1. The van der Waals surface area contributed by atoms with Crippen molar-refractivity contribution in [2.45, 2.75) is 148 Å². The van der Waals surface area contributed by atoms with Gasteiger partial charge >= 0.3 is 11.9 Å². The van der Waals surface area contributed by atoms with E-state index in [-0.39, 0.29) is 18.5 Å². The molecule has 192 valence electrons. The normalized spacial score (nSPS) is 12.5. The van der Waals surface area contributed by atoms with Crippen LogP contribution in [0.5, 0.6) is 0 Å². The van der Waals surface area contributed by atoms with Gasteiger partial charge < -0.3 is 9.84 Å². The Morgan fingerprint density at radius 1 is 0.667 bits per heavy atom. The van der Waals surface area contributed by atoms with Crippen molar-refractivity contribution in [3.8, 4) is 0 Å². The van der Waals surface area contributed by atoms with Crippen molar-refractivity contribution in [2.75, 3.05) is 0 Å². The number of rotatable bonds is 24. The third kappa shape index (κ3) is 24.9. The Morgan fingerprint density at radius 3 is 1.94 bits per heavy atom. The molecule has 1 atom stereocenters. The van der Waals surface area contributed by atoms with Crippen molar-refractivity contribution in [3.05, 3.63) is 24.3 Å². The predicted octanol–water partition coefficient (Wildman–Crippen LogP) is 8.94. The third-order valence-electron chi connectivity index (χ3n) is 5.93. The van der Waals surface area contributed by atoms with E-state index in [2.05, 4.69) is 38.2 Å². The van der Waals surface area contributed by atoms with E-state index in [1.165, 1.54) is 38.5 Å². The van der Waals surface area contributed by atoms with Gasteiger partial charge in [0.15, 0.2) is 0 Å². The summed E-state index contributed by atoms with van der Waals surface area (Å²) in [5.74, 6) is -0.768. The zero-order chi connectivity index (χ0) is 24.4. The van der Waals surface area contributed by atoms with E-state index < -0.39 is 5.97 Å². The zero-order valence-corrected chi connectivity index (χ0v) is 21.7. The molecule has 0 saturated heterocycles. The van der Waals surface area contributed by atoms with Gasteiger partial charge in [0.05, 0.1) is 0 Å². The summed E-state index contributed by atoms with van der Waals surface area (Å²) in [5, 5.41) is 8.70.